The van der Waals surface area contributed by atoms with Crippen molar-refractivity contribution in [1.82, 2.24) is 4.31 Å². The van der Waals surface area contributed by atoms with E-state index >= 15 is 0 Å². The second-order valence-electron chi connectivity index (χ2n) is 6.89. The summed E-state index contributed by atoms with van der Waals surface area (Å²) in [6.07, 6.45) is 2.58. The zero-order valence-corrected chi connectivity index (χ0v) is 16.6. The second kappa shape index (κ2) is 9.76. The molecule has 0 aliphatic carbocycles. The van der Waals surface area contributed by atoms with Crippen LogP contribution in [0.3, 0.4) is 0 Å². The van der Waals surface area contributed by atoms with Crippen LogP contribution in [0.25, 0.3) is 0 Å². The second-order valence-corrected chi connectivity index (χ2v) is 9.22. The standard InChI is InChI=1S/C18H30ClNO3S/c1-5-6-15(4)12-20(17(13-21)11-14(2)3)24(22,23)18-9-7-16(19)8-10-18/h7-10,14-15,17,21H,5-6,11-13H2,1-4H3/t15?,17-/m1/s1. The van der Waals surface area contributed by atoms with E-state index in [1.54, 1.807) is 12.1 Å². The number of sulfonamides is 1. The van der Waals surface area contributed by atoms with E-state index in [1.165, 1.54) is 16.4 Å². The van der Waals surface area contributed by atoms with E-state index in [0.717, 1.165) is 12.8 Å². The van der Waals surface area contributed by atoms with Crippen LogP contribution < -0.4 is 0 Å². The smallest absolute Gasteiger partial charge is 0.243 e. The van der Waals surface area contributed by atoms with Gasteiger partial charge in [0, 0.05) is 17.6 Å². The minimum absolute atomic E-state index is 0.177. The van der Waals surface area contributed by atoms with Crippen LogP contribution in [0.1, 0.15) is 47.0 Å². The van der Waals surface area contributed by atoms with Crippen LogP contribution in [0.2, 0.25) is 5.02 Å². The van der Waals surface area contributed by atoms with Crippen LogP contribution in [0.15, 0.2) is 29.2 Å². The van der Waals surface area contributed by atoms with Gasteiger partial charge in [0.1, 0.15) is 0 Å². The fraction of sp³-hybridized carbons (Fsp3) is 0.667. The lowest BCUT2D eigenvalue weighted by Crippen LogP contribution is -2.45. The molecule has 1 unspecified atom stereocenters. The van der Waals surface area contributed by atoms with Crippen molar-refractivity contribution in [3.05, 3.63) is 29.3 Å². The SMILES string of the molecule is CCCC(C)CN([C@@H](CO)CC(C)C)S(=O)(=O)c1ccc(Cl)cc1. The van der Waals surface area contributed by atoms with Crippen molar-refractivity contribution in [2.24, 2.45) is 11.8 Å². The first kappa shape index (κ1) is 21.4. The minimum Gasteiger partial charge on any atom is -0.395 e. The largest absolute Gasteiger partial charge is 0.395 e. The third kappa shape index (κ3) is 6.03. The molecule has 1 aromatic carbocycles. The maximum atomic E-state index is 13.1. The lowest BCUT2D eigenvalue weighted by molar-refractivity contribution is 0.156. The summed E-state index contributed by atoms with van der Waals surface area (Å²) in [7, 11) is -3.67. The van der Waals surface area contributed by atoms with Gasteiger partial charge in [0.15, 0.2) is 0 Å². The van der Waals surface area contributed by atoms with Crippen molar-refractivity contribution in [2.45, 2.75) is 57.9 Å². The first-order valence-corrected chi connectivity index (χ1v) is 10.4. The average Bonchev–Trinajstić information content (AvgIpc) is 2.51. The fourth-order valence-electron chi connectivity index (χ4n) is 2.90. The van der Waals surface area contributed by atoms with Gasteiger partial charge in [0.25, 0.3) is 0 Å². The lowest BCUT2D eigenvalue weighted by Gasteiger charge is -2.32. The van der Waals surface area contributed by atoms with Crippen molar-refractivity contribution in [3.63, 3.8) is 0 Å². The number of benzene rings is 1. The predicted octanol–water partition coefficient (Wildman–Crippen LogP) is 4.17. The first-order chi connectivity index (χ1) is 11.2. The molecular formula is C18H30ClNO3S. The number of aliphatic hydroxyl groups excluding tert-OH is 1. The Morgan fingerprint density at radius 2 is 1.75 bits per heavy atom. The summed E-state index contributed by atoms with van der Waals surface area (Å²) in [5, 5.41) is 10.3. The molecule has 0 saturated carbocycles. The molecular weight excluding hydrogens is 346 g/mol. The number of aliphatic hydroxyl groups is 1. The molecule has 0 aliphatic heterocycles. The third-order valence-electron chi connectivity index (χ3n) is 4.05. The number of nitrogens with zero attached hydrogens (tertiary/aromatic N) is 1. The molecule has 2 atom stereocenters. The van der Waals surface area contributed by atoms with Crippen LogP contribution in [-0.2, 0) is 10.0 Å². The normalized spacial score (nSPS) is 15.0. The Labute approximate surface area is 151 Å². The Bertz CT molecular complexity index is 587. The van der Waals surface area contributed by atoms with Gasteiger partial charge < -0.3 is 5.11 Å². The maximum absolute atomic E-state index is 13.1. The molecule has 138 valence electrons. The Hall–Kier alpha value is -0.620. The Morgan fingerprint density at radius 1 is 1.17 bits per heavy atom. The van der Waals surface area contributed by atoms with Gasteiger partial charge in [0.05, 0.1) is 11.5 Å². The Morgan fingerprint density at radius 3 is 2.21 bits per heavy atom. The van der Waals surface area contributed by atoms with Gasteiger partial charge >= 0.3 is 0 Å². The quantitative estimate of drug-likeness (QED) is 0.667. The van der Waals surface area contributed by atoms with E-state index in [0.29, 0.717) is 23.9 Å². The van der Waals surface area contributed by atoms with Crippen molar-refractivity contribution in [1.29, 1.82) is 0 Å². The molecule has 0 spiro atoms. The van der Waals surface area contributed by atoms with Crippen LogP contribution in [0.4, 0.5) is 0 Å². The molecule has 1 rings (SSSR count). The van der Waals surface area contributed by atoms with Gasteiger partial charge in [-0.05, 0) is 48.9 Å². The summed E-state index contributed by atoms with van der Waals surface area (Å²) in [5.74, 6) is 0.532. The van der Waals surface area contributed by atoms with Crippen molar-refractivity contribution >= 4 is 21.6 Å². The summed E-state index contributed by atoms with van der Waals surface area (Å²) < 4.78 is 27.8. The zero-order chi connectivity index (χ0) is 18.3. The van der Waals surface area contributed by atoms with Crippen molar-refractivity contribution in [3.8, 4) is 0 Å². The highest BCUT2D eigenvalue weighted by Gasteiger charge is 2.32. The fourth-order valence-corrected chi connectivity index (χ4v) is 4.78. The number of hydrogen-bond donors (Lipinski definition) is 1. The van der Waals surface area contributed by atoms with E-state index < -0.39 is 16.1 Å². The van der Waals surface area contributed by atoms with Gasteiger partial charge in [-0.2, -0.15) is 4.31 Å². The monoisotopic (exact) mass is 375 g/mol. The summed E-state index contributed by atoms with van der Waals surface area (Å²) >= 11 is 5.88. The number of halogens is 1. The molecule has 24 heavy (non-hydrogen) atoms. The Balaban J connectivity index is 3.20. The van der Waals surface area contributed by atoms with E-state index in [4.69, 9.17) is 11.6 Å². The van der Waals surface area contributed by atoms with Crippen LogP contribution >= 0.6 is 11.6 Å². The molecule has 1 N–H and O–H groups in total. The molecule has 0 bridgehead atoms. The van der Waals surface area contributed by atoms with Crippen LogP contribution in [0, 0.1) is 11.8 Å². The molecule has 0 aromatic heterocycles. The summed E-state index contributed by atoms with van der Waals surface area (Å²) in [4.78, 5) is 0.220. The van der Waals surface area contributed by atoms with Gasteiger partial charge in [-0.15, -0.1) is 0 Å². The zero-order valence-electron chi connectivity index (χ0n) is 15.1. The molecule has 0 aliphatic rings. The summed E-state index contributed by atoms with van der Waals surface area (Å²) in [5.41, 5.74) is 0. The van der Waals surface area contributed by atoms with Crippen LogP contribution in [-0.4, -0.2) is 37.0 Å². The lowest BCUT2D eigenvalue weighted by atomic mass is 10.0. The Kier molecular flexibility index (Phi) is 8.71. The van der Waals surface area contributed by atoms with E-state index in [9.17, 15) is 13.5 Å². The molecule has 0 amide bonds. The molecule has 0 fully saturated rings. The molecule has 4 nitrogen and oxygen atoms in total. The topological polar surface area (TPSA) is 57.6 Å². The average molecular weight is 376 g/mol. The summed E-state index contributed by atoms with van der Waals surface area (Å²) in [6.45, 7) is 8.45. The molecule has 0 radical (unpaired) electrons. The van der Waals surface area contributed by atoms with E-state index in [2.05, 4.69) is 13.8 Å². The van der Waals surface area contributed by atoms with Crippen molar-refractivity contribution in [2.75, 3.05) is 13.2 Å². The number of rotatable bonds is 10. The molecule has 1 aromatic rings. The molecule has 0 heterocycles. The molecule has 0 saturated heterocycles. The van der Waals surface area contributed by atoms with Crippen molar-refractivity contribution < 1.29 is 13.5 Å². The van der Waals surface area contributed by atoms with Crippen LogP contribution in [0.5, 0.6) is 0 Å². The van der Waals surface area contributed by atoms with Gasteiger partial charge in [-0.25, -0.2) is 8.42 Å². The highest BCUT2D eigenvalue weighted by molar-refractivity contribution is 7.89. The maximum Gasteiger partial charge on any atom is 0.243 e. The van der Waals surface area contributed by atoms with E-state index in [-0.39, 0.29) is 17.4 Å². The highest BCUT2D eigenvalue weighted by Crippen LogP contribution is 2.25. The number of hydrogen-bond acceptors (Lipinski definition) is 3. The van der Waals surface area contributed by atoms with Gasteiger partial charge in [0.2, 0.25) is 10.0 Å². The summed E-state index contributed by atoms with van der Waals surface area (Å²) in [6, 6.07) is 5.81. The van der Waals surface area contributed by atoms with Gasteiger partial charge in [-0.3, -0.25) is 0 Å². The molecule has 6 heteroatoms. The first-order valence-electron chi connectivity index (χ1n) is 8.60. The van der Waals surface area contributed by atoms with E-state index in [1.807, 2.05) is 13.8 Å². The highest BCUT2D eigenvalue weighted by atomic mass is 35.5. The van der Waals surface area contributed by atoms with Gasteiger partial charge in [-0.1, -0.05) is 45.7 Å². The minimum atomic E-state index is -3.67. The predicted molar refractivity (Wildman–Crippen MR) is 99.7 cm³/mol. The third-order valence-corrected chi connectivity index (χ3v) is 6.24.